The number of anilines is 1. The maximum atomic E-state index is 12.8. The molecule has 0 aliphatic carbocycles. The molecule has 2 aromatic carbocycles. The Labute approximate surface area is 181 Å². The summed E-state index contributed by atoms with van der Waals surface area (Å²) in [5, 5.41) is 4.94. The van der Waals surface area contributed by atoms with Gasteiger partial charge in [-0.2, -0.15) is 13.2 Å². The molecule has 0 heterocycles. The molecule has 2 N–H and O–H groups in total. The van der Waals surface area contributed by atoms with Crippen molar-refractivity contribution in [3.63, 3.8) is 0 Å². The summed E-state index contributed by atoms with van der Waals surface area (Å²) in [4.78, 5) is 12.6. The zero-order chi connectivity index (χ0) is 21.6. The van der Waals surface area contributed by atoms with Crippen molar-refractivity contribution in [2.75, 3.05) is 11.9 Å². The molecule has 0 bridgehead atoms. The lowest BCUT2D eigenvalue weighted by Gasteiger charge is -2.15. The molecule has 4 nitrogen and oxygen atoms in total. The van der Waals surface area contributed by atoms with Crippen molar-refractivity contribution in [3.05, 3.63) is 58.1 Å². The van der Waals surface area contributed by atoms with Gasteiger partial charge in [0.15, 0.2) is 5.11 Å². The van der Waals surface area contributed by atoms with Gasteiger partial charge in [-0.25, -0.2) is 0 Å². The van der Waals surface area contributed by atoms with Crippen LogP contribution in [-0.4, -0.2) is 17.6 Å². The van der Waals surface area contributed by atoms with Crippen LogP contribution in [0.1, 0.15) is 36.2 Å². The van der Waals surface area contributed by atoms with E-state index < -0.39 is 17.6 Å². The molecular weight excluding hydrogens is 469 g/mol. The summed E-state index contributed by atoms with van der Waals surface area (Å²) >= 11 is 8.38. The summed E-state index contributed by atoms with van der Waals surface area (Å²) in [6.45, 7) is 4.58. The lowest BCUT2D eigenvalue weighted by Crippen LogP contribution is -2.34. The van der Waals surface area contributed by atoms with Crippen LogP contribution >= 0.6 is 28.1 Å². The molecule has 0 radical (unpaired) electrons. The zero-order valence-corrected chi connectivity index (χ0v) is 18.2. The predicted molar refractivity (Wildman–Crippen MR) is 114 cm³/mol. The second-order valence-electron chi connectivity index (χ2n) is 6.66. The highest BCUT2D eigenvalue weighted by atomic mass is 79.9. The maximum absolute atomic E-state index is 12.8. The Morgan fingerprint density at radius 2 is 1.93 bits per heavy atom. The predicted octanol–water partition coefficient (Wildman–Crippen LogP) is 6.02. The number of hydrogen-bond acceptors (Lipinski definition) is 3. The SMILES string of the molecule is CC(C)CCOc1ccc(Br)cc1C(=O)NC(=S)Nc1cccc(C(F)(F)F)c1. The number of rotatable bonds is 6. The van der Waals surface area contributed by atoms with E-state index in [1.165, 1.54) is 12.1 Å². The molecule has 0 atom stereocenters. The van der Waals surface area contributed by atoms with Gasteiger partial charge in [0, 0.05) is 10.2 Å². The van der Waals surface area contributed by atoms with Crippen molar-refractivity contribution in [3.8, 4) is 5.75 Å². The Hall–Kier alpha value is -2.13. The first-order valence-corrected chi connectivity index (χ1v) is 9.98. The van der Waals surface area contributed by atoms with Crippen LogP contribution in [0.5, 0.6) is 5.75 Å². The molecule has 156 valence electrons. The van der Waals surface area contributed by atoms with Gasteiger partial charge in [0.25, 0.3) is 5.91 Å². The van der Waals surface area contributed by atoms with E-state index in [2.05, 4.69) is 40.4 Å². The average molecular weight is 489 g/mol. The van der Waals surface area contributed by atoms with Crippen LogP contribution in [0, 0.1) is 5.92 Å². The fourth-order valence-electron chi connectivity index (χ4n) is 2.32. The second-order valence-corrected chi connectivity index (χ2v) is 7.98. The van der Waals surface area contributed by atoms with Crippen LogP contribution in [-0.2, 0) is 6.18 Å². The monoisotopic (exact) mass is 488 g/mol. The van der Waals surface area contributed by atoms with Gasteiger partial charge in [-0.05, 0) is 61.0 Å². The fraction of sp³-hybridized carbons (Fsp3) is 0.300. The minimum Gasteiger partial charge on any atom is -0.493 e. The first-order valence-electron chi connectivity index (χ1n) is 8.78. The third kappa shape index (κ3) is 7.32. The van der Waals surface area contributed by atoms with Gasteiger partial charge in [0.1, 0.15) is 5.75 Å². The van der Waals surface area contributed by atoms with Crippen molar-refractivity contribution in [2.45, 2.75) is 26.4 Å². The lowest BCUT2D eigenvalue weighted by atomic mass is 10.1. The van der Waals surface area contributed by atoms with E-state index in [1.807, 2.05) is 0 Å². The summed E-state index contributed by atoms with van der Waals surface area (Å²) in [5.41, 5.74) is -0.437. The standard InChI is InChI=1S/C20H20BrF3N2O2S/c1-12(2)8-9-28-17-7-6-14(21)11-16(17)18(27)26-19(29)25-15-5-3-4-13(10-15)20(22,23)24/h3-7,10-12H,8-9H2,1-2H3,(H2,25,26,27,29). The summed E-state index contributed by atoms with van der Waals surface area (Å²) < 4.78 is 44.8. The van der Waals surface area contributed by atoms with E-state index in [-0.39, 0.29) is 16.4 Å². The summed E-state index contributed by atoms with van der Waals surface area (Å²) in [6.07, 6.45) is -3.65. The van der Waals surface area contributed by atoms with E-state index in [4.69, 9.17) is 17.0 Å². The number of benzene rings is 2. The number of carbonyl (C=O) groups excluding carboxylic acids is 1. The van der Waals surface area contributed by atoms with Gasteiger partial charge in [-0.15, -0.1) is 0 Å². The first-order chi connectivity index (χ1) is 13.6. The van der Waals surface area contributed by atoms with Gasteiger partial charge < -0.3 is 10.1 Å². The number of carbonyl (C=O) groups is 1. The number of thiocarbonyl (C=S) groups is 1. The molecule has 0 saturated carbocycles. The van der Waals surface area contributed by atoms with Crippen molar-refractivity contribution in [1.82, 2.24) is 5.32 Å². The zero-order valence-electron chi connectivity index (χ0n) is 15.8. The number of amides is 1. The third-order valence-electron chi connectivity index (χ3n) is 3.81. The van der Waals surface area contributed by atoms with Crippen LogP contribution in [0.25, 0.3) is 0 Å². The maximum Gasteiger partial charge on any atom is 0.416 e. The highest BCUT2D eigenvalue weighted by molar-refractivity contribution is 9.10. The largest absolute Gasteiger partial charge is 0.493 e. The Balaban J connectivity index is 2.08. The molecule has 0 aliphatic rings. The van der Waals surface area contributed by atoms with E-state index in [0.29, 0.717) is 22.7 Å². The summed E-state index contributed by atoms with van der Waals surface area (Å²) in [5.74, 6) is 0.315. The Morgan fingerprint density at radius 3 is 2.59 bits per heavy atom. The molecular formula is C20H20BrF3N2O2S. The van der Waals surface area contributed by atoms with Crippen LogP contribution in [0.3, 0.4) is 0 Å². The van der Waals surface area contributed by atoms with Gasteiger partial charge in [0.2, 0.25) is 0 Å². The number of halogens is 4. The van der Waals surface area contributed by atoms with E-state index in [1.54, 1.807) is 18.2 Å². The molecule has 0 saturated heterocycles. The van der Waals surface area contributed by atoms with Crippen molar-refractivity contribution in [2.24, 2.45) is 5.92 Å². The van der Waals surface area contributed by atoms with Gasteiger partial charge in [-0.1, -0.05) is 35.8 Å². The van der Waals surface area contributed by atoms with E-state index >= 15 is 0 Å². The first kappa shape index (κ1) is 23.2. The molecule has 0 fully saturated rings. The molecule has 0 unspecified atom stereocenters. The Morgan fingerprint density at radius 1 is 1.21 bits per heavy atom. The Bertz CT molecular complexity index is 888. The molecule has 2 rings (SSSR count). The van der Waals surface area contributed by atoms with Gasteiger partial charge in [-0.3, -0.25) is 10.1 Å². The summed E-state index contributed by atoms with van der Waals surface area (Å²) in [7, 11) is 0. The topological polar surface area (TPSA) is 50.4 Å². The normalized spacial score (nSPS) is 11.3. The quantitative estimate of drug-likeness (QED) is 0.488. The van der Waals surface area contributed by atoms with Crippen molar-refractivity contribution in [1.29, 1.82) is 0 Å². The highest BCUT2D eigenvalue weighted by Crippen LogP contribution is 2.30. The Kier molecular flexibility index (Phi) is 8.04. The second kappa shape index (κ2) is 10.1. The number of alkyl halides is 3. The lowest BCUT2D eigenvalue weighted by molar-refractivity contribution is -0.137. The van der Waals surface area contributed by atoms with Crippen molar-refractivity contribution < 1.29 is 22.7 Å². The van der Waals surface area contributed by atoms with Crippen LogP contribution in [0.15, 0.2) is 46.9 Å². The van der Waals surface area contributed by atoms with Crippen molar-refractivity contribution >= 4 is 44.9 Å². The van der Waals surface area contributed by atoms with Gasteiger partial charge >= 0.3 is 6.18 Å². The van der Waals surface area contributed by atoms with Gasteiger partial charge in [0.05, 0.1) is 17.7 Å². The molecule has 0 aromatic heterocycles. The fourth-order valence-corrected chi connectivity index (χ4v) is 2.89. The van der Waals surface area contributed by atoms with Crippen LogP contribution in [0.4, 0.5) is 18.9 Å². The highest BCUT2D eigenvalue weighted by Gasteiger charge is 2.30. The number of nitrogens with one attached hydrogen (secondary N) is 2. The minimum absolute atomic E-state index is 0.118. The summed E-state index contributed by atoms with van der Waals surface area (Å²) in [6, 6.07) is 9.56. The minimum atomic E-state index is -4.47. The van der Waals surface area contributed by atoms with Crippen LogP contribution in [0.2, 0.25) is 0 Å². The molecule has 0 spiro atoms. The van der Waals surface area contributed by atoms with E-state index in [9.17, 15) is 18.0 Å². The molecule has 29 heavy (non-hydrogen) atoms. The molecule has 9 heteroatoms. The molecule has 1 amide bonds. The number of ether oxygens (including phenoxy) is 1. The third-order valence-corrected chi connectivity index (χ3v) is 4.51. The molecule has 0 aliphatic heterocycles. The van der Waals surface area contributed by atoms with E-state index in [0.717, 1.165) is 18.6 Å². The average Bonchev–Trinajstić information content (AvgIpc) is 2.62. The number of hydrogen-bond donors (Lipinski definition) is 2. The smallest absolute Gasteiger partial charge is 0.416 e. The van der Waals surface area contributed by atoms with Crippen LogP contribution < -0.4 is 15.4 Å². The molecule has 2 aromatic rings.